The van der Waals surface area contributed by atoms with Crippen molar-refractivity contribution in [3.63, 3.8) is 0 Å². The third kappa shape index (κ3) is 5.54. The quantitative estimate of drug-likeness (QED) is 0.710. The Bertz CT molecular complexity index is 354. The highest BCUT2D eigenvalue weighted by molar-refractivity contribution is 9.10. The Morgan fingerprint density at radius 2 is 2.11 bits per heavy atom. The van der Waals surface area contributed by atoms with E-state index < -0.39 is 0 Å². The lowest BCUT2D eigenvalue weighted by Crippen LogP contribution is -2.46. The van der Waals surface area contributed by atoms with Crippen LogP contribution >= 0.6 is 27.3 Å². The van der Waals surface area contributed by atoms with Crippen molar-refractivity contribution in [1.29, 1.82) is 0 Å². The average Bonchev–Trinajstić information content (AvgIpc) is 2.77. The third-order valence-electron chi connectivity index (χ3n) is 3.17. The van der Waals surface area contributed by atoms with Crippen LogP contribution in [-0.4, -0.2) is 25.3 Å². The molecule has 0 aliphatic rings. The normalized spacial score (nSPS) is 14.8. The predicted molar refractivity (Wildman–Crippen MR) is 88.1 cm³/mol. The molecule has 0 radical (unpaired) electrons. The maximum Gasteiger partial charge on any atom is 0.0754 e. The zero-order chi connectivity index (χ0) is 14.3. The minimum Gasteiger partial charge on any atom is -0.377 e. The van der Waals surface area contributed by atoms with E-state index in [1.54, 1.807) is 0 Å². The van der Waals surface area contributed by atoms with Crippen molar-refractivity contribution in [2.45, 2.75) is 52.7 Å². The van der Waals surface area contributed by atoms with E-state index in [4.69, 9.17) is 4.74 Å². The van der Waals surface area contributed by atoms with Crippen molar-refractivity contribution in [1.82, 2.24) is 5.32 Å². The summed E-state index contributed by atoms with van der Waals surface area (Å²) in [6.07, 6.45) is 2.45. The maximum absolute atomic E-state index is 5.98. The van der Waals surface area contributed by atoms with Gasteiger partial charge in [-0.15, -0.1) is 11.3 Å². The molecule has 19 heavy (non-hydrogen) atoms. The number of hydrogen-bond acceptors (Lipinski definition) is 3. The van der Waals surface area contributed by atoms with Crippen LogP contribution in [0.1, 0.15) is 39.0 Å². The number of ether oxygens (including phenoxy) is 1. The Labute approximate surface area is 130 Å². The molecule has 1 rings (SSSR count). The van der Waals surface area contributed by atoms with E-state index in [-0.39, 0.29) is 6.10 Å². The summed E-state index contributed by atoms with van der Waals surface area (Å²) in [5.74, 6) is 0.521. The van der Waals surface area contributed by atoms with Crippen LogP contribution < -0.4 is 5.32 Å². The second-order valence-electron chi connectivity index (χ2n) is 5.12. The first-order valence-electron chi connectivity index (χ1n) is 7.16. The zero-order valence-corrected chi connectivity index (χ0v) is 14.8. The van der Waals surface area contributed by atoms with Gasteiger partial charge in [0.05, 0.1) is 6.10 Å². The summed E-state index contributed by atoms with van der Waals surface area (Å²) in [6.45, 7) is 10.6. The summed E-state index contributed by atoms with van der Waals surface area (Å²) >= 11 is 5.45. The molecule has 1 N–H and O–H groups in total. The molecule has 1 aromatic rings. The Morgan fingerprint density at radius 3 is 2.58 bits per heavy atom. The van der Waals surface area contributed by atoms with E-state index in [2.05, 4.69) is 60.4 Å². The van der Waals surface area contributed by atoms with E-state index in [1.165, 1.54) is 9.35 Å². The first-order valence-corrected chi connectivity index (χ1v) is 8.84. The van der Waals surface area contributed by atoms with Gasteiger partial charge in [-0.05, 0) is 53.2 Å². The second kappa shape index (κ2) is 9.11. The summed E-state index contributed by atoms with van der Waals surface area (Å²) in [7, 11) is 0. The lowest BCUT2D eigenvalue weighted by molar-refractivity contribution is 0.00377. The molecule has 2 unspecified atom stereocenters. The van der Waals surface area contributed by atoms with Crippen molar-refractivity contribution in [3.05, 3.63) is 20.8 Å². The highest BCUT2D eigenvalue weighted by Crippen LogP contribution is 2.26. The molecule has 110 valence electrons. The van der Waals surface area contributed by atoms with Crippen molar-refractivity contribution in [2.24, 2.45) is 5.92 Å². The number of halogens is 1. The number of thiophene rings is 1. The molecular formula is C15H26BrNOS. The zero-order valence-electron chi connectivity index (χ0n) is 12.4. The first kappa shape index (κ1) is 17.2. The highest BCUT2D eigenvalue weighted by atomic mass is 79.9. The smallest absolute Gasteiger partial charge is 0.0754 e. The molecule has 4 heteroatoms. The highest BCUT2D eigenvalue weighted by Gasteiger charge is 2.25. The number of hydrogen-bond donors (Lipinski definition) is 1. The summed E-state index contributed by atoms with van der Waals surface area (Å²) in [4.78, 5) is 1.40. The molecule has 0 bridgehead atoms. The number of rotatable bonds is 9. The van der Waals surface area contributed by atoms with Crippen LogP contribution in [0.5, 0.6) is 0 Å². The van der Waals surface area contributed by atoms with E-state index >= 15 is 0 Å². The van der Waals surface area contributed by atoms with E-state index in [1.807, 2.05) is 11.3 Å². The molecule has 1 aromatic heterocycles. The van der Waals surface area contributed by atoms with Crippen LogP contribution in [0.3, 0.4) is 0 Å². The average molecular weight is 348 g/mol. The summed E-state index contributed by atoms with van der Waals surface area (Å²) < 4.78 is 7.20. The molecule has 0 aromatic carbocycles. The molecule has 2 atom stereocenters. The van der Waals surface area contributed by atoms with Gasteiger partial charge >= 0.3 is 0 Å². The van der Waals surface area contributed by atoms with Gasteiger partial charge in [0.1, 0.15) is 0 Å². The predicted octanol–water partition coefficient (Wildman–Crippen LogP) is 4.48. The fraction of sp³-hybridized carbons (Fsp3) is 0.733. The van der Waals surface area contributed by atoms with Gasteiger partial charge in [-0.1, -0.05) is 20.8 Å². The largest absolute Gasteiger partial charge is 0.377 e. The lowest BCUT2D eigenvalue weighted by Gasteiger charge is -2.31. The molecule has 0 saturated heterocycles. The fourth-order valence-electron chi connectivity index (χ4n) is 2.27. The van der Waals surface area contributed by atoms with Gasteiger partial charge in [0.15, 0.2) is 0 Å². The van der Waals surface area contributed by atoms with Gasteiger partial charge in [0.2, 0.25) is 0 Å². The van der Waals surface area contributed by atoms with Crippen molar-refractivity contribution in [2.75, 3.05) is 13.2 Å². The van der Waals surface area contributed by atoms with E-state index in [0.29, 0.717) is 12.0 Å². The summed E-state index contributed by atoms with van der Waals surface area (Å²) in [5, 5.41) is 5.80. The van der Waals surface area contributed by atoms with Gasteiger partial charge < -0.3 is 10.1 Å². The van der Waals surface area contributed by atoms with Crippen LogP contribution in [-0.2, 0) is 11.2 Å². The van der Waals surface area contributed by atoms with Crippen LogP contribution in [0.15, 0.2) is 15.9 Å². The molecule has 1 heterocycles. The van der Waals surface area contributed by atoms with Crippen LogP contribution in [0.25, 0.3) is 0 Å². The maximum atomic E-state index is 5.98. The van der Waals surface area contributed by atoms with Gasteiger partial charge in [-0.3, -0.25) is 0 Å². The van der Waals surface area contributed by atoms with Crippen LogP contribution in [0.4, 0.5) is 0 Å². The summed E-state index contributed by atoms with van der Waals surface area (Å²) in [5.41, 5.74) is 0. The first-order chi connectivity index (χ1) is 9.10. The molecule has 0 saturated carbocycles. The minimum atomic E-state index is 0.269. The molecule has 0 aliphatic heterocycles. The number of nitrogens with one attached hydrogen (secondary N) is 1. The van der Waals surface area contributed by atoms with Gasteiger partial charge in [-0.2, -0.15) is 0 Å². The lowest BCUT2D eigenvalue weighted by atomic mass is 9.96. The second-order valence-corrected chi connectivity index (χ2v) is 6.98. The van der Waals surface area contributed by atoms with Gasteiger partial charge in [0, 0.05) is 28.4 Å². The Kier molecular flexibility index (Phi) is 8.23. The van der Waals surface area contributed by atoms with Crippen LogP contribution in [0, 0.1) is 5.92 Å². The molecular weight excluding hydrogens is 322 g/mol. The summed E-state index contributed by atoms with van der Waals surface area (Å²) in [6, 6.07) is 2.51. The molecule has 0 aliphatic carbocycles. The molecule has 0 spiro atoms. The monoisotopic (exact) mass is 347 g/mol. The van der Waals surface area contributed by atoms with E-state index in [9.17, 15) is 0 Å². The van der Waals surface area contributed by atoms with Crippen molar-refractivity contribution in [3.8, 4) is 0 Å². The Balaban J connectivity index is 2.76. The molecule has 2 nitrogen and oxygen atoms in total. The Hall–Kier alpha value is 0.1000. The van der Waals surface area contributed by atoms with Crippen LogP contribution in [0.2, 0.25) is 0 Å². The molecule has 0 fully saturated rings. The third-order valence-corrected chi connectivity index (χ3v) is 5.11. The van der Waals surface area contributed by atoms with Crippen molar-refractivity contribution >= 4 is 27.3 Å². The van der Waals surface area contributed by atoms with Crippen molar-refractivity contribution < 1.29 is 4.74 Å². The minimum absolute atomic E-state index is 0.269. The topological polar surface area (TPSA) is 21.3 Å². The SMILES string of the molecule is CCCNC(Cc1sccc1Br)C(OCC)C(C)C. The van der Waals surface area contributed by atoms with E-state index in [0.717, 1.165) is 26.0 Å². The standard InChI is InChI=1S/C15H26BrNOS/c1-5-8-17-13(15(11(3)4)18-6-2)10-14-12(16)7-9-19-14/h7,9,11,13,15,17H,5-6,8,10H2,1-4H3. The van der Waals surface area contributed by atoms with Gasteiger partial charge in [0.25, 0.3) is 0 Å². The Morgan fingerprint density at radius 1 is 1.37 bits per heavy atom. The van der Waals surface area contributed by atoms with Gasteiger partial charge in [-0.25, -0.2) is 0 Å². The fourth-order valence-corrected chi connectivity index (χ4v) is 3.84. The molecule has 0 amide bonds.